The van der Waals surface area contributed by atoms with Gasteiger partial charge < -0.3 is 9.67 Å². The molecule has 15 heavy (non-hydrogen) atoms. The Morgan fingerprint density at radius 1 is 1.33 bits per heavy atom. The normalized spacial score (nSPS) is 20.5. The molecule has 78 valence electrons. The van der Waals surface area contributed by atoms with Gasteiger partial charge in [-0.15, -0.1) is 0 Å². The van der Waals surface area contributed by atoms with E-state index < -0.39 is 0 Å². The lowest BCUT2D eigenvalue weighted by molar-refractivity contribution is 0.144. The average molecular weight is 201 g/mol. The first-order valence-corrected chi connectivity index (χ1v) is 5.51. The van der Waals surface area contributed by atoms with Gasteiger partial charge in [0, 0.05) is 24.2 Å². The summed E-state index contributed by atoms with van der Waals surface area (Å²) >= 11 is 0. The van der Waals surface area contributed by atoms with Crippen LogP contribution in [0.25, 0.3) is 10.9 Å². The van der Waals surface area contributed by atoms with Crippen LogP contribution in [0.5, 0.6) is 0 Å². The summed E-state index contributed by atoms with van der Waals surface area (Å²) in [6.45, 7) is 3.07. The van der Waals surface area contributed by atoms with Gasteiger partial charge in [0.1, 0.15) is 0 Å². The highest BCUT2D eigenvalue weighted by Crippen LogP contribution is 2.26. The van der Waals surface area contributed by atoms with Crippen molar-refractivity contribution in [2.75, 3.05) is 0 Å². The molecule has 1 aliphatic rings. The fourth-order valence-electron chi connectivity index (χ4n) is 2.48. The van der Waals surface area contributed by atoms with Crippen LogP contribution in [0.2, 0.25) is 0 Å². The Hall–Kier alpha value is -1.28. The molecule has 1 aromatic carbocycles. The van der Waals surface area contributed by atoms with Crippen molar-refractivity contribution in [2.45, 2.75) is 32.4 Å². The molecule has 2 heteroatoms. The maximum atomic E-state index is 9.62. The molecule has 2 heterocycles. The predicted octanol–water partition coefficient (Wildman–Crippen LogP) is 2.26. The molecule has 0 aliphatic carbocycles. The maximum absolute atomic E-state index is 9.62. The molecule has 1 N–H and O–H groups in total. The van der Waals surface area contributed by atoms with Gasteiger partial charge in [-0.05, 0) is 36.4 Å². The topological polar surface area (TPSA) is 25.2 Å². The van der Waals surface area contributed by atoms with Crippen LogP contribution in [0, 0.1) is 6.92 Å². The van der Waals surface area contributed by atoms with E-state index in [1.807, 2.05) is 0 Å². The second kappa shape index (κ2) is 3.11. The van der Waals surface area contributed by atoms with Crippen molar-refractivity contribution < 1.29 is 5.11 Å². The maximum Gasteiger partial charge on any atom is 0.0611 e. The van der Waals surface area contributed by atoms with Gasteiger partial charge in [0.15, 0.2) is 0 Å². The van der Waals surface area contributed by atoms with Gasteiger partial charge in [-0.1, -0.05) is 12.1 Å². The number of nitrogens with zero attached hydrogens (tertiary/aromatic N) is 1. The molecule has 2 nitrogen and oxygen atoms in total. The zero-order chi connectivity index (χ0) is 10.4. The lowest BCUT2D eigenvalue weighted by Gasteiger charge is -2.20. The number of hydrogen-bond donors (Lipinski definition) is 1. The number of aromatic nitrogens is 1. The smallest absolute Gasteiger partial charge is 0.0611 e. The quantitative estimate of drug-likeness (QED) is 0.695. The number of rotatable bonds is 0. The first kappa shape index (κ1) is 8.98. The van der Waals surface area contributed by atoms with Gasteiger partial charge >= 0.3 is 0 Å². The average Bonchev–Trinajstić information content (AvgIpc) is 2.54. The molecule has 0 bridgehead atoms. The first-order valence-electron chi connectivity index (χ1n) is 5.51. The van der Waals surface area contributed by atoms with Crippen LogP contribution in [0.15, 0.2) is 24.3 Å². The largest absolute Gasteiger partial charge is 0.393 e. The zero-order valence-electron chi connectivity index (χ0n) is 8.90. The van der Waals surface area contributed by atoms with Crippen LogP contribution in [-0.2, 0) is 13.0 Å². The molecule has 3 rings (SSSR count). The highest BCUT2D eigenvalue weighted by molar-refractivity contribution is 5.82. The van der Waals surface area contributed by atoms with Gasteiger partial charge in [-0.2, -0.15) is 0 Å². The summed E-state index contributed by atoms with van der Waals surface area (Å²) in [5.74, 6) is 0. The number of benzene rings is 1. The van der Waals surface area contributed by atoms with Gasteiger partial charge in [0.2, 0.25) is 0 Å². The van der Waals surface area contributed by atoms with Crippen LogP contribution in [0.4, 0.5) is 0 Å². The summed E-state index contributed by atoms with van der Waals surface area (Å²) < 4.78 is 2.34. The third kappa shape index (κ3) is 1.37. The second-order valence-electron chi connectivity index (χ2n) is 4.50. The minimum absolute atomic E-state index is 0.150. The SMILES string of the molecule is Cc1ccc2cc3n(c2c1)CCC(O)C3. The third-order valence-electron chi connectivity index (χ3n) is 3.28. The van der Waals surface area contributed by atoms with E-state index in [1.54, 1.807) is 0 Å². The minimum Gasteiger partial charge on any atom is -0.393 e. The number of hydrogen-bond acceptors (Lipinski definition) is 1. The van der Waals surface area contributed by atoms with E-state index in [9.17, 15) is 5.11 Å². The standard InChI is InChI=1S/C13H15NO/c1-9-2-3-10-7-11-8-12(15)4-5-14(11)13(10)6-9/h2-3,6-7,12,15H,4-5,8H2,1H3. The molecular weight excluding hydrogens is 186 g/mol. The van der Waals surface area contributed by atoms with E-state index in [0.717, 1.165) is 19.4 Å². The number of fused-ring (bicyclic) bond motifs is 3. The van der Waals surface area contributed by atoms with Gasteiger partial charge in [-0.25, -0.2) is 0 Å². The Morgan fingerprint density at radius 2 is 2.20 bits per heavy atom. The summed E-state index contributed by atoms with van der Waals surface area (Å²) in [6, 6.07) is 8.75. The molecule has 0 spiro atoms. The second-order valence-corrected chi connectivity index (χ2v) is 4.50. The van der Waals surface area contributed by atoms with Crippen LogP contribution in [-0.4, -0.2) is 15.8 Å². The lowest BCUT2D eigenvalue weighted by Crippen LogP contribution is -2.22. The summed E-state index contributed by atoms with van der Waals surface area (Å²) in [5.41, 5.74) is 3.89. The van der Waals surface area contributed by atoms with E-state index in [-0.39, 0.29) is 6.10 Å². The molecule has 1 unspecified atom stereocenters. The van der Waals surface area contributed by atoms with E-state index in [1.165, 1.54) is 22.2 Å². The number of aryl methyl sites for hydroxylation is 2. The fourth-order valence-corrected chi connectivity index (χ4v) is 2.48. The molecular formula is C13H15NO. The molecule has 1 atom stereocenters. The third-order valence-corrected chi connectivity index (χ3v) is 3.28. The molecule has 0 fully saturated rings. The van der Waals surface area contributed by atoms with Crippen LogP contribution < -0.4 is 0 Å². The number of aliphatic hydroxyl groups is 1. The molecule has 0 saturated carbocycles. The predicted molar refractivity (Wildman–Crippen MR) is 61.0 cm³/mol. The van der Waals surface area contributed by atoms with Crippen molar-refractivity contribution in [1.29, 1.82) is 0 Å². The Morgan fingerprint density at radius 3 is 3.07 bits per heavy atom. The molecule has 1 aromatic heterocycles. The van der Waals surface area contributed by atoms with Crippen molar-refractivity contribution >= 4 is 10.9 Å². The number of aliphatic hydroxyl groups excluding tert-OH is 1. The fraction of sp³-hybridized carbons (Fsp3) is 0.385. The molecule has 0 saturated heterocycles. The zero-order valence-corrected chi connectivity index (χ0v) is 8.90. The molecule has 1 aliphatic heterocycles. The van der Waals surface area contributed by atoms with Crippen molar-refractivity contribution in [2.24, 2.45) is 0 Å². The van der Waals surface area contributed by atoms with E-state index in [4.69, 9.17) is 0 Å². The summed E-state index contributed by atoms with van der Waals surface area (Å²) in [4.78, 5) is 0. The van der Waals surface area contributed by atoms with Crippen LogP contribution in [0.1, 0.15) is 17.7 Å². The summed E-state index contributed by atoms with van der Waals surface area (Å²) in [5, 5.41) is 10.9. The molecule has 2 aromatic rings. The first-order chi connectivity index (χ1) is 7.24. The van der Waals surface area contributed by atoms with Crippen molar-refractivity contribution in [3.8, 4) is 0 Å². The molecule has 0 radical (unpaired) electrons. The Kier molecular flexibility index (Phi) is 1.86. The van der Waals surface area contributed by atoms with E-state index >= 15 is 0 Å². The van der Waals surface area contributed by atoms with Crippen molar-refractivity contribution in [1.82, 2.24) is 4.57 Å². The monoisotopic (exact) mass is 201 g/mol. The van der Waals surface area contributed by atoms with Gasteiger partial charge in [0.25, 0.3) is 0 Å². The van der Waals surface area contributed by atoms with E-state index in [0.29, 0.717) is 0 Å². The Balaban J connectivity index is 2.24. The highest BCUT2D eigenvalue weighted by Gasteiger charge is 2.18. The van der Waals surface area contributed by atoms with E-state index in [2.05, 4.69) is 35.8 Å². The van der Waals surface area contributed by atoms with Crippen molar-refractivity contribution in [3.63, 3.8) is 0 Å². The van der Waals surface area contributed by atoms with Gasteiger partial charge in [-0.3, -0.25) is 0 Å². The minimum atomic E-state index is -0.150. The summed E-state index contributed by atoms with van der Waals surface area (Å²) in [6.07, 6.45) is 1.53. The lowest BCUT2D eigenvalue weighted by atomic mass is 10.1. The Labute approximate surface area is 89.1 Å². The Bertz CT molecular complexity index is 512. The summed E-state index contributed by atoms with van der Waals surface area (Å²) in [7, 11) is 0. The van der Waals surface area contributed by atoms with Crippen LogP contribution in [0.3, 0.4) is 0 Å². The van der Waals surface area contributed by atoms with Crippen LogP contribution >= 0.6 is 0 Å². The van der Waals surface area contributed by atoms with Crippen molar-refractivity contribution in [3.05, 3.63) is 35.5 Å². The highest BCUT2D eigenvalue weighted by atomic mass is 16.3. The van der Waals surface area contributed by atoms with Gasteiger partial charge in [0.05, 0.1) is 6.10 Å². The molecule has 0 amide bonds.